The van der Waals surface area contributed by atoms with Crippen molar-refractivity contribution < 1.29 is 0 Å². The summed E-state index contributed by atoms with van der Waals surface area (Å²) in [7, 11) is 0. The smallest absolute Gasteiger partial charge is 0.257 e. The van der Waals surface area contributed by atoms with Crippen molar-refractivity contribution in [3.63, 3.8) is 0 Å². The van der Waals surface area contributed by atoms with E-state index in [1.807, 2.05) is 60.7 Å². The summed E-state index contributed by atoms with van der Waals surface area (Å²) < 4.78 is 1.63. The molecule has 2 aromatic carbocycles. The molecule has 2 aromatic heterocycles. The van der Waals surface area contributed by atoms with Crippen molar-refractivity contribution in [2.75, 3.05) is 0 Å². The lowest BCUT2D eigenvalue weighted by atomic mass is 10.1. The summed E-state index contributed by atoms with van der Waals surface area (Å²) in [6.45, 7) is 0. The van der Waals surface area contributed by atoms with E-state index in [1.165, 1.54) is 0 Å². The number of para-hydroxylation sites is 1. The summed E-state index contributed by atoms with van der Waals surface area (Å²) in [6, 6.07) is 20.9. The van der Waals surface area contributed by atoms with Crippen LogP contribution < -0.4 is 5.56 Å². The molecule has 0 aliphatic carbocycles. The monoisotopic (exact) mass is 288 g/mol. The number of rotatable bonds is 2. The van der Waals surface area contributed by atoms with E-state index in [0.717, 1.165) is 11.3 Å². The number of hydrogen-bond donors (Lipinski definition) is 1. The molecule has 0 aliphatic rings. The van der Waals surface area contributed by atoms with E-state index in [1.54, 1.807) is 10.7 Å². The lowest BCUT2D eigenvalue weighted by Gasteiger charge is -2.03. The van der Waals surface area contributed by atoms with Gasteiger partial charge < -0.3 is 4.98 Å². The van der Waals surface area contributed by atoms with Gasteiger partial charge in [-0.25, -0.2) is 0 Å². The van der Waals surface area contributed by atoms with E-state index in [9.17, 15) is 4.79 Å². The fraction of sp³-hybridized carbons (Fsp3) is 0. The Kier molecular flexibility index (Phi) is 2.83. The summed E-state index contributed by atoms with van der Waals surface area (Å²) in [5.41, 5.74) is 3.40. The van der Waals surface area contributed by atoms with Gasteiger partial charge in [0.05, 0.1) is 5.69 Å². The summed E-state index contributed by atoms with van der Waals surface area (Å²) in [6.07, 6.45) is 0. The average Bonchev–Trinajstić information content (AvgIpc) is 2.98. The lowest BCUT2D eigenvalue weighted by molar-refractivity contribution is 0.816. The molecule has 0 amide bonds. The number of nitrogens with zero attached hydrogens (tertiary/aromatic N) is 3. The lowest BCUT2D eigenvalue weighted by Crippen LogP contribution is -2.10. The van der Waals surface area contributed by atoms with Crippen LogP contribution in [0.15, 0.2) is 71.5 Å². The Morgan fingerprint density at radius 2 is 1.59 bits per heavy atom. The third kappa shape index (κ3) is 2.00. The molecule has 22 heavy (non-hydrogen) atoms. The second-order valence-electron chi connectivity index (χ2n) is 4.95. The number of pyridine rings is 1. The molecular formula is C17H12N4O. The number of benzene rings is 2. The number of aromatic amines is 1. The van der Waals surface area contributed by atoms with Gasteiger partial charge in [0.2, 0.25) is 0 Å². The molecule has 1 N–H and O–H groups in total. The molecule has 0 spiro atoms. The molecule has 0 bridgehead atoms. The van der Waals surface area contributed by atoms with Gasteiger partial charge in [-0.05, 0) is 23.8 Å². The maximum Gasteiger partial charge on any atom is 0.257 e. The number of hydrogen-bond acceptors (Lipinski definition) is 3. The number of nitrogens with one attached hydrogen (secondary N) is 1. The molecule has 4 rings (SSSR count). The Bertz CT molecular complexity index is 988. The van der Waals surface area contributed by atoms with Crippen LogP contribution in [-0.4, -0.2) is 20.0 Å². The van der Waals surface area contributed by atoms with Crippen molar-refractivity contribution in [1.29, 1.82) is 0 Å². The fourth-order valence-corrected chi connectivity index (χ4v) is 2.47. The Morgan fingerprint density at radius 1 is 0.909 bits per heavy atom. The van der Waals surface area contributed by atoms with Crippen molar-refractivity contribution in [3.8, 4) is 16.8 Å². The highest BCUT2D eigenvalue weighted by molar-refractivity contribution is 5.78. The largest absolute Gasteiger partial charge is 0.305 e. The van der Waals surface area contributed by atoms with Gasteiger partial charge in [-0.15, -0.1) is 5.10 Å². The van der Waals surface area contributed by atoms with Crippen molar-refractivity contribution in [2.24, 2.45) is 0 Å². The Balaban J connectivity index is 1.93. The summed E-state index contributed by atoms with van der Waals surface area (Å²) in [5, 5.41) is 8.30. The van der Waals surface area contributed by atoms with Crippen LogP contribution in [-0.2, 0) is 0 Å². The highest BCUT2D eigenvalue weighted by atomic mass is 16.1. The highest BCUT2D eigenvalue weighted by Crippen LogP contribution is 2.19. The van der Waals surface area contributed by atoms with Crippen LogP contribution in [0, 0.1) is 0 Å². The zero-order valence-corrected chi connectivity index (χ0v) is 11.6. The fourth-order valence-electron chi connectivity index (χ4n) is 2.47. The Hall–Kier alpha value is -3.21. The third-order valence-corrected chi connectivity index (χ3v) is 3.54. The maximum absolute atomic E-state index is 12.4. The number of fused-ring (bicyclic) bond motifs is 1. The normalized spacial score (nSPS) is 10.9. The quantitative estimate of drug-likeness (QED) is 0.617. The topological polar surface area (TPSA) is 63.6 Å². The van der Waals surface area contributed by atoms with Crippen molar-refractivity contribution in [2.45, 2.75) is 0 Å². The minimum Gasteiger partial charge on any atom is -0.305 e. The standard InChI is InChI=1S/C17H12N4O/c22-17-14(12-7-3-1-4-8-12)11-15-16(18-17)21(20-19-15)13-9-5-2-6-10-13/h1-11H,(H,18,22). The summed E-state index contributed by atoms with van der Waals surface area (Å²) in [4.78, 5) is 15.3. The zero-order chi connectivity index (χ0) is 14.9. The molecule has 0 radical (unpaired) electrons. The first-order chi connectivity index (χ1) is 10.8. The third-order valence-electron chi connectivity index (χ3n) is 3.54. The second kappa shape index (κ2) is 4.96. The van der Waals surface area contributed by atoms with Crippen molar-refractivity contribution >= 4 is 11.2 Å². The Morgan fingerprint density at radius 3 is 2.32 bits per heavy atom. The molecule has 5 heteroatoms. The van der Waals surface area contributed by atoms with Crippen LogP contribution in [0.2, 0.25) is 0 Å². The van der Waals surface area contributed by atoms with Gasteiger partial charge in [-0.2, -0.15) is 4.68 Å². The zero-order valence-electron chi connectivity index (χ0n) is 11.6. The predicted octanol–water partition coefficient (Wildman–Crippen LogP) is 2.78. The van der Waals surface area contributed by atoms with E-state index in [2.05, 4.69) is 15.3 Å². The van der Waals surface area contributed by atoms with Crippen molar-refractivity contribution in [3.05, 3.63) is 77.1 Å². The molecule has 0 unspecified atom stereocenters. The first kappa shape index (κ1) is 12.5. The van der Waals surface area contributed by atoms with E-state index in [4.69, 9.17) is 0 Å². The van der Waals surface area contributed by atoms with E-state index in [-0.39, 0.29) is 5.56 Å². The van der Waals surface area contributed by atoms with Gasteiger partial charge in [0, 0.05) is 5.56 Å². The maximum atomic E-state index is 12.4. The summed E-state index contributed by atoms with van der Waals surface area (Å²) >= 11 is 0. The molecule has 2 heterocycles. The molecule has 0 saturated heterocycles. The van der Waals surface area contributed by atoms with Crippen LogP contribution in [0.3, 0.4) is 0 Å². The first-order valence-electron chi connectivity index (χ1n) is 6.92. The SMILES string of the molecule is O=c1[nH]c2c(cc1-c1ccccc1)nnn2-c1ccccc1. The van der Waals surface area contributed by atoms with Crippen LogP contribution in [0.5, 0.6) is 0 Å². The van der Waals surface area contributed by atoms with Gasteiger partial charge in [0.25, 0.3) is 5.56 Å². The van der Waals surface area contributed by atoms with E-state index >= 15 is 0 Å². The van der Waals surface area contributed by atoms with E-state index in [0.29, 0.717) is 16.7 Å². The average molecular weight is 288 g/mol. The minimum absolute atomic E-state index is 0.154. The first-order valence-corrected chi connectivity index (χ1v) is 6.92. The number of H-pyrrole nitrogens is 1. The summed E-state index contributed by atoms with van der Waals surface area (Å²) in [5.74, 6) is 0. The molecule has 106 valence electrons. The van der Waals surface area contributed by atoms with Crippen LogP contribution in [0.25, 0.3) is 28.0 Å². The van der Waals surface area contributed by atoms with E-state index < -0.39 is 0 Å². The van der Waals surface area contributed by atoms with Crippen LogP contribution in [0.1, 0.15) is 0 Å². The van der Waals surface area contributed by atoms with Gasteiger partial charge in [0.15, 0.2) is 5.65 Å². The highest BCUT2D eigenvalue weighted by Gasteiger charge is 2.11. The second-order valence-corrected chi connectivity index (χ2v) is 4.95. The molecule has 0 fully saturated rings. The van der Waals surface area contributed by atoms with Crippen LogP contribution >= 0.6 is 0 Å². The van der Waals surface area contributed by atoms with Gasteiger partial charge in [-0.1, -0.05) is 53.7 Å². The van der Waals surface area contributed by atoms with Gasteiger partial charge in [0.1, 0.15) is 5.52 Å². The molecule has 0 aliphatic heterocycles. The van der Waals surface area contributed by atoms with Crippen molar-refractivity contribution in [1.82, 2.24) is 20.0 Å². The van der Waals surface area contributed by atoms with Crippen LogP contribution in [0.4, 0.5) is 0 Å². The molecule has 0 saturated carbocycles. The van der Waals surface area contributed by atoms with Gasteiger partial charge in [-0.3, -0.25) is 4.79 Å². The minimum atomic E-state index is -0.154. The molecule has 0 atom stereocenters. The molecule has 5 nitrogen and oxygen atoms in total. The Labute approximate surface area is 125 Å². The number of aromatic nitrogens is 4. The predicted molar refractivity (Wildman–Crippen MR) is 84.9 cm³/mol. The van der Waals surface area contributed by atoms with Gasteiger partial charge >= 0.3 is 0 Å². The molecular weight excluding hydrogens is 276 g/mol. The molecule has 4 aromatic rings.